The topological polar surface area (TPSA) is 67.9 Å². The minimum atomic E-state index is -0.522. The van der Waals surface area contributed by atoms with Crippen molar-refractivity contribution in [3.05, 3.63) is 59.2 Å². The monoisotopic (exact) mass is 394 g/mol. The number of ether oxygens (including phenoxy) is 2. The lowest BCUT2D eigenvalue weighted by Crippen LogP contribution is -2.54. The van der Waals surface area contributed by atoms with Crippen LogP contribution in [0.4, 0.5) is 5.69 Å². The largest absolute Gasteiger partial charge is 0.486 e. The van der Waals surface area contributed by atoms with Crippen molar-refractivity contribution in [2.45, 2.75) is 13.3 Å². The van der Waals surface area contributed by atoms with Gasteiger partial charge in [0, 0.05) is 0 Å². The molecule has 142 valence electrons. The number of nitrogens with one attached hydrogen (secondary N) is 1. The van der Waals surface area contributed by atoms with Crippen LogP contribution >= 0.6 is 12.2 Å². The van der Waals surface area contributed by atoms with Crippen molar-refractivity contribution < 1.29 is 19.1 Å². The minimum absolute atomic E-state index is 0.00449. The number of benzene rings is 2. The van der Waals surface area contributed by atoms with Crippen LogP contribution in [0, 0.1) is 0 Å². The summed E-state index contributed by atoms with van der Waals surface area (Å²) in [4.78, 5) is 26.8. The van der Waals surface area contributed by atoms with Gasteiger partial charge in [0.15, 0.2) is 16.6 Å². The number of anilines is 1. The summed E-state index contributed by atoms with van der Waals surface area (Å²) < 4.78 is 11.1. The van der Waals surface area contributed by atoms with E-state index in [0.717, 1.165) is 12.0 Å². The molecule has 2 aromatic carbocycles. The number of amides is 2. The molecule has 4 rings (SSSR count). The van der Waals surface area contributed by atoms with Gasteiger partial charge in [-0.3, -0.25) is 19.8 Å². The van der Waals surface area contributed by atoms with Gasteiger partial charge < -0.3 is 9.47 Å². The van der Waals surface area contributed by atoms with Crippen LogP contribution in [-0.4, -0.2) is 30.1 Å². The zero-order valence-electron chi connectivity index (χ0n) is 15.2. The highest BCUT2D eigenvalue weighted by Crippen LogP contribution is 2.32. The predicted molar refractivity (Wildman–Crippen MR) is 109 cm³/mol. The van der Waals surface area contributed by atoms with E-state index in [1.807, 2.05) is 24.3 Å². The first-order valence-electron chi connectivity index (χ1n) is 8.97. The van der Waals surface area contributed by atoms with Crippen LogP contribution in [0.25, 0.3) is 6.08 Å². The molecule has 2 aromatic rings. The number of thiocarbonyl (C=S) groups is 1. The van der Waals surface area contributed by atoms with Gasteiger partial charge in [-0.05, 0) is 60.1 Å². The summed E-state index contributed by atoms with van der Waals surface area (Å²) in [5, 5.41) is 2.66. The molecule has 1 N–H and O–H groups in total. The molecule has 0 spiro atoms. The third kappa shape index (κ3) is 3.36. The SMILES string of the molecule is CCc1ccc(N2C(=O)C(=Cc3ccc4c(c3)OCCO4)C(=O)NC2=S)cc1. The van der Waals surface area contributed by atoms with Gasteiger partial charge in [-0.2, -0.15) is 0 Å². The van der Waals surface area contributed by atoms with Gasteiger partial charge in [0.05, 0.1) is 5.69 Å². The summed E-state index contributed by atoms with van der Waals surface area (Å²) >= 11 is 5.23. The van der Waals surface area contributed by atoms with Crippen molar-refractivity contribution in [2.24, 2.45) is 0 Å². The van der Waals surface area contributed by atoms with E-state index >= 15 is 0 Å². The number of carbonyl (C=O) groups excluding carboxylic acids is 2. The first-order chi connectivity index (χ1) is 13.6. The van der Waals surface area contributed by atoms with Crippen LogP contribution in [-0.2, 0) is 16.0 Å². The van der Waals surface area contributed by atoms with Gasteiger partial charge in [-0.25, -0.2) is 0 Å². The van der Waals surface area contributed by atoms with Crippen molar-refractivity contribution in [1.82, 2.24) is 5.32 Å². The van der Waals surface area contributed by atoms with E-state index in [1.165, 1.54) is 11.0 Å². The third-order valence-corrected chi connectivity index (χ3v) is 4.87. The summed E-state index contributed by atoms with van der Waals surface area (Å²) in [6, 6.07) is 12.8. The Morgan fingerprint density at radius 2 is 1.79 bits per heavy atom. The Morgan fingerprint density at radius 3 is 2.50 bits per heavy atom. The Balaban J connectivity index is 1.68. The summed E-state index contributed by atoms with van der Waals surface area (Å²) in [7, 11) is 0. The molecule has 0 unspecified atom stereocenters. The molecule has 1 saturated heterocycles. The number of carbonyl (C=O) groups is 2. The highest BCUT2D eigenvalue weighted by molar-refractivity contribution is 7.80. The Hall–Kier alpha value is -3.19. The molecule has 2 aliphatic heterocycles. The summed E-state index contributed by atoms with van der Waals surface area (Å²) in [6.07, 6.45) is 2.43. The van der Waals surface area contributed by atoms with Gasteiger partial charge in [0.2, 0.25) is 0 Å². The Kier molecular flexibility index (Phi) is 4.83. The molecule has 0 saturated carbocycles. The minimum Gasteiger partial charge on any atom is -0.486 e. The van der Waals surface area contributed by atoms with Gasteiger partial charge in [0.25, 0.3) is 11.8 Å². The summed E-state index contributed by atoms with van der Waals surface area (Å²) in [5.41, 5.74) is 2.43. The lowest BCUT2D eigenvalue weighted by Gasteiger charge is -2.29. The van der Waals surface area contributed by atoms with Crippen LogP contribution in [0.15, 0.2) is 48.0 Å². The van der Waals surface area contributed by atoms with Crippen LogP contribution in [0.2, 0.25) is 0 Å². The predicted octanol–water partition coefficient (Wildman–Crippen LogP) is 2.85. The number of fused-ring (bicyclic) bond motifs is 1. The average Bonchev–Trinajstić information content (AvgIpc) is 2.71. The summed E-state index contributed by atoms with van der Waals surface area (Å²) in [6.45, 7) is 3.01. The van der Waals surface area contributed by atoms with Crippen LogP contribution in [0.5, 0.6) is 11.5 Å². The van der Waals surface area contributed by atoms with Crippen LogP contribution in [0.1, 0.15) is 18.1 Å². The lowest BCUT2D eigenvalue weighted by molar-refractivity contribution is -0.122. The molecule has 6 nitrogen and oxygen atoms in total. The quantitative estimate of drug-likeness (QED) is 0.493. The Morgan fingerprint density at radius 1 is 1.07 bits per heavy atom. The second kappa shape index (κ2) is 7.44. The molecule has 28 heavy (non-hydrogen) atoms. The normalized spacial score (nSPS) is 17.7. The van der Waals surface area contributed by atoms with E-state index in [2.05, 4.69) is 12.2 Å². The van der Waals surface area contributed by atoms with Crippen molar-refractivity contribution in [3.8, 4) is 11.5 Å². The van der Waals surface area contributed by atoms with Gasteiger partial charge in [0.1, 0.15) is 18.8 Å². The zero-order valence-corrected chi connectivity index (χ0v) is 16.0. The highest BCUT2D eigenvalue weighted by Gasteiger charge is 2.34. The van der Waals surface area contributed by atoms with E-state index in [-0.39, 0.29) is 10.7 Å². The molecule has 7 heteroatoms. The molecule has 2 heterocycles. The van der Waals surface area contributed by atoms with Crippen molar-refractivity contribution in [1.29, 1.82) is 0 Å². The molecule has 2 amide bonds. The first-order valence-corrected chi connectivity index (χ1v) is 9.37. The lowest BCUT2D eigenvalue weighted by atomic mass is 10.1. The fourth-order valence-electron chi connectivity index (χ4n) is 3.09. The first kappa shape index (κ1) is 18.2. The Bertz CT molecular complexity index is 998. The van der Waals surface area contributed by atoms with Gasteiger partial charge in [-0.15, -0.1) is 0 Å². The molecular formula is C21H18N2O4S. The fraction of sp³-hybridized carbons (Fsp3) is 0.190. The molecule has 0 atom stereocenters. The van der Waals surface area contributed by atoms with Crippen molar-refractivity contribution in [2.75, 3.05) is 18.1 Å². The molecular weight excluding hydrogens is 376 g/mol. The second-order valence-corrected chi connectivity index (χ2v) is 6.77. The number of rotatable bonds is 3. The second-order valence-electron chi connectivity index (χ2n) is 6.38. The average molecular weight is 394 g/mol. The maximum atomic E-state index is 13.0. The van der Waals surface area contributed by atoms with Crippen molar-refractivity contribution >= 4 is 40.9 Å². The summed E-state index contributed by atoms with van der Waals surface area (Å²) in [5.74, 6) is 0.248. The van der Waals surface area contributed by atoms with E-state index < -0.39 is 11.8 Å². The van der Waals surface area contributed by atoms with Gasteiger partial charge in [-0.1, -0.05) is 25.1 Å². The maximum absolute atomic E-state index is 13.0. The molecule has 0 radical (unpaired) electrons. The van der Waals surface area contributed by atoms with Gasteiger partial charge >= 0.3 is 0 Å². The molecule has 0 bridgehead atoms. The standard InChI is InChI=1S/C21H18N2O4S/c1-2-13-3-6-15(7-4-13)23-20(25)16(19(24)22-21(23)28)11-14-5-8-17-18(12-14)27-10-9-26-17/h3-8,11-12H,2,9-10H2,1H3,(H,22,24,28). The zero-order chi connectivity index (χ0) is 19.7. The Labute approximate surface area is 167 Å². The maximum Gasteiger partial charge on any atom is 0.270 e. The van der Waals surface area contributed by atoms with Crippen LogP contribution < -0.4 is 19.7 Å². The number of aryl methyl sites for hydroxylation is 1. The van der Waals surface area contributed by atoms with E-state index in [4.69, 9.17) is 21.7 Å². The van der Waals surface area contributed by atoms with E-state index in [1.54, 1.807) is 18.2 Å². The van der Waals surface area contributed by atoms with Crippen molar-refractivity contribution in [3.63, 3.8) is 0 Å². The smallest absolute Gasteiger partial charge is 0.270 e. The van der Waals surface area contributed by atoms with Crippen LogP contribution in [0.3, 0.4) is 0 Å². The van der Waals surface area contributed by atoms with E-state index in [9.17, 15) is 9.59 Å². The number of nitrogens with zero attached hydrogens (tertiary/aromatic N) is 1. The fourth-order valence-corrected chi connectivity index (χ4v) is 3.37. The number of hydrogen-bond donors (Lipinski definition) is 1. The molecule has 1 fully saturated rings. The molecule has 0 aliphatic carbocycles. The third-order valence-electron chi connectivity index (χ3n) is 4.58. The molecule has 2 aliphatic rings. The van der Waals surface area contributed by atoms with E-state index in [0.29, 0.717) is 36.0 Å². The highest BCUT2D eigenvalue weighted by atomic mass is 32.1. The molecule has 0 aromatic heterocycles. The number of hydrogen-bond acceptors (Lipinski definition) is 5.